The molecule has 1 fully saturated rings. The van der Waals surface area contributed by atoms with Crippen molar-refractivity contribution < 1.29 is 22.4 Å². The van der Waals surface area contributed by atoms with Gasteiger partial charge in [-0.15, -0.1) is 0 Å². The van der Waals surface area contributed by atoms with E-state index >= 15 is 0 Å². The van der Waals surface area contributed by atoms with Gasteiger partial charge in [0.15, 0.2) is 0 Å². The summed E-state index contributed by atoms with van der Waals surface area (Å²) in [5.74, 6) is -1.55. The van der Waals surface area contributed by atoms with E-state index in [0.29, 0.717) is 0 Å². The van der Waals surface area contributed by atoms with Gasteiger partial charge in [0.25, 0.3) is 0 Å². The minimum absolute atomic E-state index is 0.0613. The first-order valence-corrected chi connectivity index (χ1v) is 13.8. The van der Waals surface area contributed by atoms with Crippen molar-refractivity contribution in [3.8, 4) is 0 Å². The summed E-state index contributed by atoms with van der Waals surface area (Å²) in [5, 5.41) is 2.76. The molecule has 0 bridgehead atoms. The van der Waals surface area contributed by atoms with Crippen LogP contribution in [0.3, 0.4) is 0 Å². The van der Waals surface area contributed by atoms with Crippen molar-refractivity contribution in [2.45, 2.75) is 58.2 Å². The zero-order valence-corrected chi connectivity index (χ0v) is 21.7. The molecule has 0 heterocycles. The van der Waals surface area contributed by atoms with Crippen LogP contribution in [-0.2, 0) is 26.2 Å². The molecule has 1 aliphatic carbocycles. The molecule has 1 aliphatic rings. The van der Waals surface area contributed by atoms with Gasteiger partial charge in [0, 0.05) is 12.6 Å². The van der Waals surface area contributed by atoms with Gasteiger partial charge in [-0.25, -0.2) is 12.8 Å². The molecule has 0 radical (unpaired) electrons. The smallest absolute Gasteiger partial charge is 0.244 e. The first kappa shape index (κ1) is 26.9. The molecule has 35 heavy (non-hydrogen) atoms. The molecular formula is C25H31ClFN3O4S. The summed E-state index contributed by atoms with van der Waals surface area (Å²) in [4.78, 5) is 28.0. The maximum atomic E-state index is 13.7. The Morgan fingerprint density at radius 3 is 2.43 bits per heavy atom. The summed E-state index contributed by atoms with van der Waals surface area (Å²) in [6.45, 7) is 3.12. The van der Waals surface area contributed by atoms with E-state index in [1.165, 1.54) is 11.0 Å². The fraction of sp³-hybridized carbons (Fsp3) is 0.440. The third kappa shape index (κ3) is 6.95. The van der Waals surface area contributed by atoms with Gasteiger partial charge in [0.05, 0.1) is 17.0 Å². The van der Waals surface area contributed by atoms with Crippen molar-refractivity contribution >= 4 is 39.1 Å². The van der Waals surface area contributed by atoms with Crippen LogP contribution < -0.4 is 9.62 Å². The molecule has 7 nitrogen and oxygen atoms in total. The number of rotatable bonds is 9. The summed E-state index contributed by atoms with van der Waals surface area (Å²) in [6.07, 6.45) is 4.86. The van der Waals surface area contributed by atoms with Crippen LogP contribution >= 0.6 is 11.6 Å². The highest BCUT2D eigenvalue weighted by Crippen LogP contribution is 2.25. The third-order valence-corrected chi connectivity index (χ3v) is 7.77. The topological polar surface area (TPSA) is 86.8 Å². The molecule has 1 saturated carbocycles. The second-order valence-electron chi connectivity index (χ2n) is 8.98. The van der Waals surface area contributed by atoms with Gasteiger partial charge in [-0.2, -0.15) is 0 Å². The van der Waals surface area contributed by atoms with E-state index in [2.05, 4.69) is 5.32 Å². The lowest BCUT2D eigenvalue weighted by Crippen LogP contribution is -2.52. The Hall–Kier alpha value is -2.65. The highest BCUT2D eigenvalue weighted by atomic mass is 35.5. The lowest BCUT2D eigenvalue weighted by Gasteiger charge is -2.32. The first-order chi connectivity index (χ1) is 16.5. The van der Waals surface area contributed by atoms with Crippen molar-refractivity contribution in [2.75, 3.05) is 17.1 Å². The summed E-state index contributed by atoms with van der Waals surface area (Å²) in [6, 6.07) is 10.2. The Morgan fingerprint density at radius 1 is 1.17 bits per heavy atom. The number of carbonyl (C=O) groups excluding carboxylic acids is 2. The monoisotopic (exact) mass is 523 g/mol. The number of nitrogens with one attached hydrogen (secondary N) is 1. The third-order valence-electron chi connectivity index (χ3n) is 6.34. The molecule has 190 valence electrons. The average Bonchev–Trinajstić information content (AvgIpc) is 3.30. The van der Waals surface area contributed by atoms with Gasteiger partial charge in [0.1, 0.15) is 18.4 Å². The van der Waals surface area contributed by atoms with E-state index in [-0.39, 0.29) is 29.2 Å². The summed E-state index contributed by atoms with van der Waals surface area (Å²) >= 11 is 5.86. The molecule has 0 aliphatic heterocycles. The highest BCUT2D eigenvalue weighted by Gasteiger charge is 2.31. The normalized spacial score (nSPS) is 15.0. The van der Waals surface area contributed by atoms with E-state index in [4.69, 9.17) is 11.6 Å². The van der Waals surface area contributed by atoms with Gasteiger partial charge in [-0.1, -0.05) is 48.7 Å². The molecule has 3 rings (SSSR count). The fourth-order valence-electron chi connectivity index (χ4n) is 4.20. The van der Waals surface area contributed by atoms with Crippen LogP contribution in [0.2, 0.25) is 5.02 Å². The number of sulfonamides is 1. The number of amides is 2. The molecular weight excluding hydrogens is 493 g/mol. The number of halogens is 2. The van der Waals surface area contributed by atoms with Crippen LogP contribution in [0.25, 0.3) is 0 Å². The largest absolute Gasteiger partial charge is 0.352 e. The van der Waals surface area contributed by atoms with Gasteiger partial charge >= 0.3 is 0 Å². The lowest BCUT2D eigenvalue weighted by atomic mass is 10.1. The maximum Gasteiger partial charge on any atom is 0.244 e. The van der Waals surface area contributed by atoms with E-state index in [9.17, 15) is 22.4 Å². The molecule has 10 heteroatoms. The van der Waals surface area contributed by atoms with Crippen LogP contribution in [-0.4, -0.2) is 50.0 Å². The van der Waals surface area contributed by atoms with Gasteiger partial charge in [-0.05, 0) is 56.0 Å². The summed E-state index contributed by atoms with van der Waals surface area (Å²) in [5.41, 5.74) is 1.85. The number of anilines is 1. The van der Waals surface area contributed by atoms with Crippen molar-refractivity contribution in [3.05, 3.63) is 64.4 Å². The molecule has 0 saturated heterocycles. The standard InChI is InChI=1S/C25H31ClFN3O4S/c1-17-8-4-5-9-19(17)15-29(18(2)25(32)28-20-10-6-7-11-20)24(31)16-30(35(3,33)34)21-12-13-23(27)22(26)14-21/h4-5,8-9,12-14,18,20H,6-7,10-11,15-16H2,1-3H3,(H,28,32). The number of hydrogen-bond acceptors (Lipinski definition) is 4. The predicted molar refractivity (Wildman–Crippen MR) is 135 cm³/mol. The van der Waals surface area contributed by atoms with Crippen molar-refractivity contribution in [3.63, 3.8) is 0 Å². The Kier molecular flexibility index (Phi) is 8.77. The highest BCUT2D eigenvalue weighted by molar-refractivity contribution is 7.92. The number of hydrogen-bond donors (Lipinski definition) is 1. The predicted octanol–water partition coefficient (Wildman–Crippen LogP) is 4.03. The van der Waals surface area contributed by atoms with Crippen LogP contribution in [0.1, 0.15) is 43.7 Å². The van der Waals surface area contributed by atoms with E-state index in [1.807, 2.05) is 31.2 Å². The lowest BCUT2D eigenvalue weighted by molar-refractivity contribution is -0.139. The molecule has 1 atom stereocenters. The number of benzene rings is 2. The zero-order valence-electron chi connectivity index (χ0n) is 20.1. The number of carbonyl (C=O) groups is 2. The Morgan fingerprint density at radius 2 is 1.83 bits per heavy atom. The van der Waals surface area contributed by atoms with E-state index in [1.54, 1.807) is 6.92 Å². The molecule has 0 spiro atoms. The van der Waals surface area contributed by atoms with Crippen molar-refractivity contribution in [1.29, 1.82) is 0 Å². The van der Waals surface area contributed by atoms with Crippen LogP contribution in [0.5, 0.6) is 0 Å². The first-order valence-electron chi connectivity index (χ1n) is 11.5. The van der Waals surface area contributed by atoms with Gasteiger partial charge in [0.2, 0.25) is 21.8 Å². The van der Waals surface area contributed by atoms with Gasteiger partial charge in [-0.3, -0.25) is 13.9 Å². The van der Waals surface area contributed by atoms with Crippen LogP contribution in [0, 0.1) is 12.7 Å². The Labute approximate surface area is 211 Å². The SMILES string of the molecule is Cc1ccccc1CN(C(=O)CN(c1ccc(F)c(Cl)c1)S(C)(=O)=O)C(C)C(=O)NC1CCCC1. The second kappa shape index (κ2) is 11.4. The molecule has 1 N–H and O–H groups in total. The molecule has 0 aromatic heterocycles. The quantitative estimate of drug-likeness (QED) is 0.537. The van der Waals surface area contributed by atoms with Crippen molar-refractivity contribution in [1.82, 2.24) is 10.2 Å². The maximum absolute atomic E-state index is 13.7. The van der Waals surface area contributed by atoms with Crippen molar-refractivity contribution in [2.24, 2.45) is 0 Å². The molecule has 1 unspecified atom stereocenters. The zero-order chi connectivity index (χ0) is 25.8. The summed E-state index contributed by atoms with van der Waals surface area (Å²) < 4.78 is 39.7. The molecule has 2 aromatic carbocycles. The minimum Gasteiger partial charge on any atom is -0.352 e. The van der Waals surface area contributed by atoms with Crippen LogP contribution in [0.4, 0.5) is 10.1 Å². The number of nitrogens with zero attached hydrogens (tertiary/aromatic N) is 2. The molecule has 2 aromatic rings. The summed E-state index contributed by atoms with van der Waals surface area (Å²) in [7, 11) is -3.92. The minimum atomic E-state index is -3.92. The number of aryl methyl sites for hydroxylation is 1. The van der Waals surface area contributed by atoms with Gasteiger partial charge < -0.3 is 10.2 Å². The average molecular weight is 524 g/mol. The Balaban J connectivity index is 1.90. The second-order valence-corrected chi connectivity index (χ2v) is 11.3. The van der Waals surface area contributed by atoms with Crippen LogP contribution in [0.15, 0.2) is 42.5 Å². The fourth-order valence-corrected chi connectivity index (χ4v) is 5.22. The Bertz CT molecular complexity index is 1180. The van der Waals surface area contributed by atoms with E-state index < -0.39 is 34.3 Å². The molecule has 2 amide bonds. The van der Waals surface area contributed by atoms with E-state index in [0.717, 1.165) is 59.5 Å².